The minimum Gasteiger partial charge on any atom is -0.345 e. The summed E-state index contributed by atoms with van der Waals surface area (Å²) in [4.78, 5) is 12.9. The lowest BCUT2D eigenvalue weighted by molar-refractivity contribution is -0.123. The molecule has 0 aliphatic carbocycles. The number of amides is 1. The Bertz CT molecular complexity index is 233. The fourth-order valence-corrected chi connectivity index (χ4v) is 2.08. The second-order valence-electron chi connectivity index (χ2n) is 5.61. The summed E-state index contributed by atoms with van der Waals surface area (Å²) >= 11 is 0. The number of rotatable bonds is 12. The number of hydrogen-bond donors (Lipinski definition) is 0. The first-order valence-corrected chi connectivity index (χ1v) is 8.06. The first kappa shape index (κ1) is 18.2. The molecule has 0 heterocycles. The highest BCUT2D eigenvalue weighted by molar-refractivity contribution is 5.86. The van der Waals surface area contributed by atoms with Gasteiger partial charge in [0.25, 0.3) is 0 Å². The average molecular weight is 267 g/mol. The van der Waals surface area contributed by atoms with Crippen molar-refractivity contribution in [1.29, 1.82) is 0 Å². The van der Waals surface area contributed by atoms with E-state index in [0.29, 0.717) is 0 Å². The van der Waals surface area contributed by atoms with E-state index in [9.17, 15) is 4.79 Å². The van der Waals surface area contributed by atoms with E-state index in [0.717, 1.165) is 6.42 Å². The van der Waals surface area contributed by atoms with Crippen LogP contribution in [0.3, 0.4) is 0 Å². The largest absolute Gasteiger partial charge is 0.345 e. The van der Waals surface area contributed by atoms with Crippen LogP contribution in [0, 0.1) is 0 Å². The van der Waals surface area contributed by atoms with Crippen LogP contribution >= 0.6 is 0 Å². The highest BCUT2D eigenvalue weighted by Gasteiger charge is 1.96. The zero-order valence-electron chi connectivity index (χ0n) is 13.3. The summed E-state index contributed by atoms with van der Waals surface area (Å²) in [6, 6.07) is 0. The molecule has 0 aromatic carbocycles. The lowest BCUT2D eigenvalue weighted by Gasteiger charge is -2.05. The van der Waals surface area contributed by atoms with Crippen molar-refractivity contribution in [1.82, 2.24) is 4.90 Å². The number of likely N-dealkylation sites (N-methyl/N-ethyl adjacent to an activating group) is 1. The molecule has 0 radical (unpaired) electrons. The van der Waals surface area contributed by atoms with Gasteiger partial charge >= 0.3 is 0 Å². The Morgan fingerprint density at radius 2 is 1.32 bits per heavy atom. The minimum absolute atomic E-state index is 0.0899. The Kier molecular flexibility index (Phi) is 13.1. The number of carbonyl (C=O) groups excluding carboxylic acids is 1. The van der Waals surface area contributed by atoms with E-state index in [2.05, 4.69) is 6.92 Å². The molecule has 1 amide bonds. The molecule has 0 N–H and O–H groups in total. The van der Waals surface area contributed by atoms with Crippen molar-refractivity contribution in [3.05, 3.63) is 12.2 Å². The summed E-state index contributed by atoms with van der Waals surface area (Å²) in [6.07, 6.45) is 18.4. The zero-order valence-corrected chi connectivity index (χ0v) is 13.3. The average Bonchev–Trinajstić information content (AvgIpc) is 2.39. The van der Waals surface area contributed by atoms with E-state index in [-0.39, 0.29) is 5.91 Å². The smallest absolute Gasteiger partial charge is 0.245 e. The highest BCUT2D eigenvalue weighted by atomic mass is 16.2. The first-order chi connectivity index (χ1) is 9.18. The van der Waals surface area contributed by atoms with Crippen molar-refractivity contribution < 1.29 is 4.79 Å². The molecule has 0 unspecified atom stereocenters. The van der Waals surface area contributed by atoms with Gasteiger partial charge in [-0.15, -0.1) is 0 Å². The van der Waals surface area contributed by atoms with Crippen molar-refractivity contribution in [2.24, 2.45) is 0 Å². The maximum atomic E-state index is 11.3. The molecule has 2 heteroatoms. The number of hydrogen-bond acceptors (Lipinski definition) is 1. The van der Waals surface area contributed by atoms with E-state index in [1.54, 1.807) is 25.1 Å². The van der Waals surface area contributed by atoms with Crippen molar-refractivity contribution in [2.75, 3.05) is 14.1 Å². The molecular formula is C17H33NO. The first-order valence-electron chi connectivity index (χ1n) is 8.06. The van der Waals surface area contributed by atoms with Gasteiger partial charge in [-0.25, -0.2) is 0 Å². The third kappa shape index (κ3) is 13.4. The van der Waals surface area contributed by atoms with Crippen molar-refractivity contribution in [2.45, 2.75) is 77.6 Å². The van der Waals surface area contributed by atoms with Crippen LogP contribution in [0.4, 0.5) is 0 Å². The van der Waals surface area contributed by atoms with Crippen molar-refractivity contribution in [3.63, 3.8) is 0 Å². The van der Waals surface area contributed by atoms with E-state index in [4.69, 9.17) is 0 Å². The second-order valence-corrected chi connectivity index (χ2v) is 5.61. The van der Waals surface area contributed by atoms with Gasteiger partial charge in [-0.05, 0) is 18.9 Å². The third-order valence-corrected chi connectivity index (χ3v) is 3.43. The number of allylic oxidation sites excluding steroid dienone is 1. The molecule has 0 aromatic heterocycles. The van der Waals surface area contributed by atoms with Gasteiger partial charge < -0.3 is 4.90 Å². The van der Waals surface area contributed by atoms with Crippen LogP contribution in [0.5, 0.6) is 0 Å². The Morgan fingerprint density at radius 3 is 1.79 bits per heavy atom. The van der Waals surface area contributed by atoms with Gasteiger partial charge in [0.05, 0.1) is 0 Å². The Labute approximate surface area is 120 Å². The zero-order chi connectivity index (χ0) is 14.3. The standard InChI is InChI=1S/C17H33NO/c1-4-5-6-7-8-9-10-11-12-13-14-15-16-17(19)18(2)3/h15-16H,4-14H2,1-3H3. The molecule has 2 nitrogen and oxygen atoms in total. The van der Waals surface area contributed by atoms with Crippen LogP contribution in [0.25, 0.3) is 0 Å². The summed E-state index contributed by atoms with van der Waals surface area (Å²) in [5.41, 5.74) is 0. The van der Waals surface area contributed by atoms with Crippen LogP contribution in [0.2, 0.25) is 0 Å². The fourth-order valence-electron chi connectivity index (χ4n) is 2.08. The molecule has 0 rings (SSSR count). The quantitative estimate of drug-likeness (QED) is 0.362. The molecule has 0 saturated heterocycles. The van der Waals surface area contributed by atoms with Gasteiger partial charge in [0.15, 0.2) is 0 Å². The molecule has 0 bridgehead atoms. The van der Waals surface area contributed by atoms with Crippen LogP contribution < -0.4 is 0 Å². The third-order valence-electron chi connectivity index (χ3n) is 3.43. The summed E-state index contributed by atoms with van der Waals surface area (Å²) in [7, 11) is 3.57. The predicted octanol–water partition coefficient (Wildman–Crippen LogP) is 4.94. The molecule has 0 aliphatic rings. The molecule has 19 heavy (non-hydrogen) atoms. The summed E-state index contributed by atoms with van der Waals surface area (Å²) in [5, 5.41) is 0. The maximum absolute atomic E-state index is 11.3. The maximum Gasteiger partial charge on any atom is 0.245 e. The topological polar surface area (TPSA) is 20.3 Å². The lowest BCUT2D eigenvalue weighted by atomic mass is 10.1. The van der Waals surface area contributed by atoms with E-state index >= 15 is 0 Å². The Hall–Kier alpha value is -0.790. The predicted molar refractivity (Wildman–Crippen MR) is 84.3 cm³/mol. The van der Waals surface area contributed by atoms with Crippen LogP contribution in [-0.4, -0.2) is 24.9 Å². The molecule has 0 fully saturated rings. The summed E-state index contributed by atoms with van der Waals surface area (Å²) in [5.74, 6) is 0.0899. The minimum atomic E-state index is 0.0899. The monoisotopic (exact) mass is 267 g/mol. The number of carbonyl (C=O) groups is 1. The van der Waals surface area contributed by atoms with E-state index < -0.39 is 0 Å². The van der Waals surface area contributed by atoms with Gasteiger partial charge in [0.1, 0.15) is 0 Å². The lowest BCUT2D eigenvalue weighted by Crippen LogP contribution is -2.18. The Morgan fingerprint density at radius 1 is 0.842 bits per heavy atom. The molecule has 0 aromatic rings. The SMILES string of the molecule is CCCCCCCCCCCCC=CC(=O)N(C)C. The van der Waals surface area contributed by atoms with E-state index in [1.807, 2.05) is 6.08 Å². The normalized spacial score (nSPS) is 11.1. The number of unbranched alkanes of at least 4 members (excludes halogenated alkanes) is 10. The summed E-state index contributed by atoms with van der Waals surface area (Å²) in [6.45, 7) is 2.26. The van der Waals surface area contributed by atoms with Gasteiger partial charge in [0, 0.05) is 14.1 Å². The summed E-state index contributed by atoms with van der Waals surface area (Å²) < 4.78 is 0. The molecule has 0 atom stereocenters. The van der Waals surface area contributed by atoms with Gasteiger partial charge in [-0.1, -0.05) is 70.8 Å². The number of nitrogens with zero attached hydrogens (tertiary/aromatic N) is 1. The Balaban J connectivity index is 3.17. The molecule has 112 valence electrons. The second kappa shape index (κ2) is 13.6. The van der Waals surface area contributed by atoms with Crippen LogP contribution in [0.1, 0.15) is 77.6 Å². The molecule has 0 saturated carbocycles. The van der Waals surface area contributed by atoms with Crippen molar-refractivity contribution >= 4 is 5.91 Å². The molecule has 0 aliphatic heterocycles. The van der Waals surface area contributed by atoms with Gasteiger partial charge in [-0.2, -0.15) is 0 Å². The van der Waals surface area contributed by atoms with Crippen LogP contribution in [-0.2, 0) is 4.79 Å². The van der Waals surface area contributed by atoms with Gasteiger partial charge in [-0.3, -0.25) is 4.79 Å². The fraction of sp³-hybridized carbons (Fsp3) is 0.824. The van der Waals surface area contributed by atoms with E-state index in [1.165, 1.54) is 64.2 Å². The molecule has 0 spiro atoms. The van der Waals surface area contributed by atoms with Crippen molar-refractivity contribution in [3.8, 4) is 0 Å². The van der Waals surface area contributed by atoms with Crippen LogP contribution in [0.15, 0.2) is 12.2 Å². The molecular weight excluding hydrogens is 234 g/mol. The van der Waals surface area contributed by atoms with Gasteiger partial charge in [0.2, 0.25) is 5.91 Å². The highest BCUT2D eigenvalue weighted by Crippen LogP contribution is 2.11.